The first-order chi connectivity index (χ1) is 7.85. The zero-order chi connectivity index (χ0) is 13.1. The van der Waals surface area contributed by atoms with Gasteiger partial charge < -0.3 is 10.0 Å². The van der Waals surface area contributed by atoms with E-state index in [1.807, 2.05) is 0 Å². The molecule has 98 valence electrons. The zero-order valence-electron chi connectivity index (χ0n) is 9.76. The number of carboxylic acids is 1. The molecule has 1 aliphatic rings. The number of hydrogen-bond acceptors (Lipinski definition) is 4. The third kappa shape index (κ3) is 3.99. The molecule has 1 saturated heterocycles. The van der Waals surface area contributed by atoms with Crippen molar-refractivity contribution in [3.8, 4) is 0 Å². The van der Waals surface area contributed by atoms with Crippen molar-refractivity contribution < 1.29 is 23.1 Å². The molecule has 0 radical (unpaired) electrons. The van der Waals surface area contributed by atoms with Gasteiger partial charge in [0.1, 0.15) is 0 Å². The van der Waals surface area contributed by atoms with Crippen molar-refractivity contribution in [2.45, 2.75) is 19.8 Å². The number of carbonyl (C=O) groups is 2. The van der Waals surface area contributed by atoms with Crippen molar-refractivity contribution in [2.75, 3.05) is 24.6 Å². The number of aliphatic carboxylic acids is 1. The fourth-order valence-electron chi connectivity index (χ4n) is 1.90. The normalized spacial score (nSPS) is 22.3. The highest BCUT2D eigenvalue weighted by Crippen LogP contribution is 2.20. The summed E-state index contributed by atoms with van der Waals surface area (Å²) in [5.41, 5.74) is 0. The third-order valence-corrected chi connectivity index (χ3v) is 4.64. The van der Waals surface area contributed by atoms with Crippen molar-refractivity contribution >= 4 is 21.7 Å². The molecule has 0 aromatic carbocycles. The highest BCUT2D eigenvalue weighted by atomic mass is 32.2. The summed E-state index contributed by atoms with van der Waals surface area (Å²) >= 11 is 0. The van der Waals surface area contributed by atoms with E-state index in [1.54, 1.807) is 6.92 Å². The molecule has 1 amide bonds. The predicted molar refractivity (Wildman–Crippen MR) is 61.3 cm³/mol. The first-order valence-electron chi connectivity index (χ1n) is 5.56. The Morgan fingerprint density at radius 1 is 1.41 bits per heavy atom. The van der Waals surface area contributed by atoms with E-state index >= 15 is 0 Å². The Morgan fingerprint density at radius 3 is 2.47 bits per heavy atom. The zero-order valence-corrected chi connectivity index (χ0v) is 10.6. The van der Waals surface area contributed by atoms with Gasteiger partial charge in [0.25, 0.3) is 0 Å². The van der Waals surface area contributed by atoms with Crippen LogP contribution < -0.4 is 0 Å². The van der Waals surface area contributed by atoms with Crippen LogP contribution in [0, 0.1) is 5.92 Å². The minimum Gasteiger partial charge on any atom is -0.481 e. The Labute approximate surface area is 101 Å². The van der Waals surface area contributed by atoms with Gasteiger partial charge in [-0.2, -0.15) is 0 Å². The minimum atomic E-state index is -3.08. The smallest absolute Gasteiger partial charge is 0.305 e. The van der Waals surface area contributed by atoms with Crippen LogP contribution in [0.4, 0.5) is 0 Å². The van der Waals surface area contributed by atoms with Crippen LogP contribution in [0.3, 0.4) is 0 Å². The van der Waals surface area contributed by atoms with Crippen LogP contribution in [0.15, 0.2) is 0 Å². The fraction of sp³-hybridized carbons (Fsp3) is 0.800. The van der Waals surface area contributed by atoms with Gasteiger partial charge in [-0.3, -0.25) is 9.59 Å². The van der Waals surface area contributed by atoms with Crippen LogP contribution in [-0.2, 0) is 19.4 Å². The predicted octanol–water partition coefficient (Wildman–Crippen LogP) is -0.256. The Balaban J connectivity index is 2.58. The van der Waals surface area contributed by atoms with Gasteiger partial charge in [0.05, 0.1) is 23.8 Å². The van der Waals surface area contributed by atoms with E-state index in [4.69, 9.17) is 5.11 Å². The van der Waals surface area contributed by atoms with E-state index < -0.39 is 21.7 Å². The summed E-state index contributed by atoms with van der Waals surface area (Å²) in [5.74, 6) is -1.74. The van der Waals surface area contributed by atoms with Crippen molar-refractivity contribution in [2.24, 2.45) is 5.92 Å². The molecule has 1 fully saturated rings. The van der Waals surface area contributed by atoms with Gasteiger partial charge in [-0.25, -0.2) is 8.42 Å². The number of carboxylic acid groups (broad SMARTS) is 1. The van der Waals surface area contributed by atoms with E-state index in [-0.39, 0.29) is 30.4 Å². The molecule has 0 bridgehead atoms. The quantitative estimate of drug-likeness (QED) is 0.738. The Morgan fingerprint density at radius 2 is 2.06 bits per heavy atom. The van der Waals surface area contributed by atoms with Gasteiger partial charge in [-0.1, -0.05) is 0 Å². The van der Waals surface area contributed by atoms with E-state index in [2.05, 4.69) is 0 Å². The van der Waals surface area contributed by atoms with Gasteiger partial charge in [0.15, 0.2) is 9.84 Å². The van der Waals surface area contributed by atoms with Crippen LogP contribution in [0.1, 0.15) is 19.8 Å². The average Bonchev–Trinajstić information content (AvgIpc) is 2.59. The van der Waals surface area contributed by atoms with Crippen LogP contribution >= 0.6 is 0 Å². The van der Waals surface area contributed by atoms with Gasteiger partial charge in [0.2, 0.25) is 5.91 Å². The first kappa shape index (κ1) is 14.0. The maximum Gasteiger partial charge on any atom is 0.305 e. The maximum atomic E-state index is 11.9. The van der Waals surface area contributed by atoms with E-state index in [0.717, 1.165) is 0 Å². The van der Waals surface area contributed by atoms with Gasteiger partial charge in [0, 0.05) is 13.1 Å². The summed E-state index contributed by atoms with van der Waals surface area (Å²) in [6.45, 7) is 2.30. The second-order valence-corrected chi connectivity index (χ2v) is 6.39. The molecular weight excluding hydrogens is 246 g/mol. The molecule has 0 aromatic heterocycles. The maximum absolute atomic E-state index is 11.9. The van der Waals surface area contributed by atoms with Gasteiger partial charge >= 0.3 is 5.97 Å². The number of hydrogen-bond donors (Lipinski definition) is 1. The number of sulfone groups is 1. The van der Waals surface area contributed by atoms with Crippen molar-refractivity contribution in [3.05, 3.63) is 0 Å². The molecule has 0 spiro atoms. The summed E-state index contributed by atoms with van der Waals surface area (Å²) < 4.78 is 22.5. The largest absolute Gasteiger partial charge is 0.481 e. The van der Waals surface area contributed by atoms with Crippen LogP contribution in [0.5, 0.6) is 0 Å². The average molecular weight is 263 g/mol. The lowest BCUT2D eigenvalue weighted by atomic mass is 10.1. The van der Waals surface area contributed by atoms with Crippen LogP contribution in [-0.4, -0.2) is 54.9 Å². The molecule has 17 heavy (non-hydrogen) atoms. The number of carbonyl (C=O) groups excluding carboxylic acids is 1. The molecular formula is C10H17NO5S. The molecule has 0 saturated carbocycles. The molecule has 1 N–H and O–H groups in total. The standard InChI is InChI=1S/C10H17NO5S/c1-2-11(5-3-9(12)13)10(14)8-4-6-17(15,16)7-8/h8H,2-7H2,1H3,(H,12,13). The molecule has 1 heterocycles. The van der Waals surface area contributed by atoms with Crippen molar-refractivity contribution in [3.63, 3.8) is 0 Å². The summed E-state index contributed by atoms with van der Waals surface area (Å²) in [7, 11) is -3.08. The summed E-state index contributed by atoms with van der Waals surface area (Å²) in [6, 6.07) is 0. The fourth-order valence-corrected chi connectivity index (χ4v) is 3.64. The second kappa shape index (κ2) is 5.48. The lowest BCUT2D eigenvalue weighted by Crippen LogP contribution is -2.38. The number of amides is 1. The van der Waals surface area contributed by atoms with Crippen molar-refractivity contribution in [1.29, 1.82) is 0 Å². The van der Waals surface area contributed by atoms with Gasteiger partial charge in [-0.15, -0.1) is 0 Å². The Kier molecular flexibility index (Phi) is 4.50. The Bertz CT molecular complexity index is 403. The van der Waals surface area contributed by atoms with E-state index in [1.165, 1.54) is 4.90 Å². The summed E-state index contributed by atoms with van der Waals surface area (Å²) in [6.07, 6.45) is 0.240. The topological polar surface area (TPSA) is 91.8 Å². The molecule has 1 rings (SSSR count). The molecule has 1 aliphatic heterocycles. The molecule has 0 aromatic rings. The SMILES string of the molecule is CCN(CCC(=O)O)C(=O)C1CCS(=O)(=O)C1. The van der Waals surface area contributed by atoms with E-state index in [9.17, 15) is 18.0 Å². The van der Waals surface area contributed by atoms with Gasteiger partial charge in [-0.05, 0) is 13.3 Å². The van der Waals surface area contributed by atoms with Crippen molar-refractivity contribution in [1.82, 2.24) is 4.90 Å². The lowest BCUT2D eigenvalue weighted by molar-refractivity contribution is -0.139. The molecule has 0 aliphatic carbocycles. The molecule has 7 heteroatoms. The first-order valence-corrected chi connectivity index (χ1v) is 7.39. The number of rotatable bonds is 5. The lowest BCUT2D eigenvalue weighted by Gasteiger charge is -2.22. The Hall–Kier alpha value is -1.11. The number of nitrogens with zero attached hydrogens (tertiary/aromatic N) is 1. The molecule has 1 atom stereocenters. The van der Waals surface area contributed by atoms with E-state index in [0.29, 0.717) is 13.0 Å². The second-order valence-electron chi connectivity index (χ2n) is 4.16. The highest BCUT2D eigenvalue weighted by Gasteiger charge is 2.34. The monoisotopic (exact) mass is 263 g/mol. The summed E-state index contributed by atoms with van der Waals surface area (Å²) in [5, 5.41) is 8.55. The molecule has 1 unspecified atom stereocenters. The van der Waals surface area contributed by atoms with Crippen LogP contribution in [0.25, 0.3) is 0 Å². The third-order valence-electron chi connectivity index (χ3n) is 2.87. The molecule has 6 nitrogen and oxygen atoms in total. The van der Waals surface area contributed by atoms with Crippen LogP contribution in [0.2, 0.25) is 0 Å². The summed E-state index contributed by atoms with van der Waals surface area (Å²) in [4.78, 5) is 23.8. The highest BCUT2D eigenvalue weighted by molar-refractivity contribution is 7.91. The minimum absolute atomic E-state index is 0.0554.